The van der Waals surface area contributed by atoms with E-state index in [1.807, 2.05) is 6.92 Å². The van der Waals surface area contributed by atoms with Crippen LogP contribution in [0.15, 0.2) is 52.3 Å². The lowest BCUT2D eigenvalue weighted by molar-refractivity contribution is -0.131. The molecule has 0 saturated heterocycles. The lowest BCUT2D eigenvalue weighted by atomic mass is 10.2. The Kier molecular flexibility index (Phi) is 8.85. The van der Waals surface area contributed by atoms with Crippen LogP contribution in [0.25, 0.3) is 6.08 Å². The fourth-order valence-electron chi connectivity index (χ4n) is 2.82. The van der Waals surface area contributed by atoms with Gasteiger partial charge in [0.05, 0.1) is 24.8 Å². The number of carboxylic acids is 1. The average Bonchev–Trinajstić information content (AvgIpc) is 2.76. The zero-order valence-corrected chi connectivity index (χ0v) is 20.0. The first-order valence-corrected chi connectivity index (χ1v) is 12.8. The number of anilines is 1. The molecule has 0 radical (unpaired) electrons. The van der Waals surface area contributed by atoms with E-state index in [-0.39, 0.29) is 39.1 Å². The Morgan fingerprint density at radius 2 is 1.79 bits per heavy atom. The number of carbonyl (C=O) groups is 1. The summed E-state index contributed by atoms with van der Waals surface area (Å²) >= 11 is 0. The van der Waals surface area contributed by atoms with Gasteiger partial charge >= 0.3 is 5.97 Å². The Hall–Kier alpha value is -3.09. The summed E-state index contributed by atoms with van der Waals surface area (Å²) in [5, 5.41) is 8.86. The molecule has 0 aliphatic rings. The van der Waals surface area contributed by atoms with Crippen LogP contribution in [0.3, 0.4) is 0 Å². The number of hydrogen-bond donors (Lipinski definition) is 3. The molecular weight excluding hydrogens is 472 g/mol. The first kappa shape index (κ1) is 26.2. The molecule has 2 aromatic carbocycles. The molecule has 0 aliphatic carbocycles. The minimum absolute atomic E-state index is 0.0147. The summed E-state index contributed by atoms with van der Waals surface area (Å²) in [6, 6.07) is 8.01. The van der Waals surface area contributed by atoms with Gasteiger partial charge in [0, 0.05) is 12.6 Å². The largest absolute Gasteiger partial charge is 0.493 e. The van der Waals surface area contributed by atoms with Crippen LogP contribution < -0.4 is 18.9 Å². The first-order valence-electron chi connectivity index (χ1n) is 9.83. The summed E-state index contributed by atoms with van der Waals surface area (Å²) in [6.45, 7) is 2.20. The Balaban J connectivity index is 2.47. The van der Waals surface area contributed by atoms with Crippen molar-refractivity contribution in [2.75, 3.05) is 25.5 Å². The van der Waals surface area contributed by atoms with Crippen LogP contribution in [0.1, 0.15) is 25.3 Å². The highest BCUT2D eigenvalue weighted by Gasteiger charge is 2.25. The molecule has 10 nitrogen and oxygen atoms in total. The number of methoxy groups -OCH3 is 2. The molecule has 0 amide bonds. The fourth-order valence-corrected chi connectivity index (χ4v) is 5.20. The molecule has 2 rings (SSSR count). The van der Waals surface area contributed by atoms with Crippen molar-refractivity contribution in [3.8, 4) is 11.5 Å². The Morgan fingerprint density at radius 3 is 2.39 bits per heavy atom. The Labute approximate surface area is 193 Å². The maximum atomic E-state index is 13.2. The number of aliphatic carboxylic acids is 1. The summed E-state index contributed by atoms with van der Waals surface area (Å²) in [5.41, 5.74) is 0.257. The maximum absolute atomic E-state index is 13.2. The van der Waals surface area contributed by atoms with Crippen LogP contribution in [0.5, 0.6) is 11.5 Å². The molecule has 0 bridgehead atoms. The maximum Gasteiger partial charge on any atom is 0.328 e. The molecule has 0 heterocycles. The first-order chi connectivity index (χ1) is 15.5. The number of ether oxygens (including phenoxy) is 2. The third-order valence-electron chi connectivity index (χ3n) is 4.39. The molecule has 12 heteroatoms. The molecule has 33 heavy (non-hydrogen) atoms. The van der Waals surface area contributed by atoms with Gasteiger partial charge < -0.3 is 14.6 Å². The lowest BCUT2D eigenvalue weighted by Crippen LogP contribution is -2.25. The van der Waals surface area contributed by atoms with Crippen molar-refractivity contribution in [3.63, 3.8) is 0 Å². The van der Waals surface area contributed by atoms with E-state index in [1.165, 1.54) is 56.7 Å². The van der Waals surface area contributed by atoms with Crippen molar-refractivity contribution >= 4 is 37.8 Å². The third kappa shape index (κ3) is 6.94. The topological polar surface area (TPSA) is 148 Å². The van der Waals surface area contributed by atoms with Crippen LogP contribution in [0.2, 0.25) is 0 Å². The number of unbranched alkanes of at least 4 members (excludes halogenated alkanes) is 1. The van der Waals surface area contributed by atoms with Gasteiger partial charge in [-0.3, -0.25) is 4.72 Å². The number of benzene rings is 2. The highest BCUT2D eigenvalue weighted by atomic mass is 32.2. The van der Waals surface area contributed by atoms with E-state index in [9.17, 15) is 21.6 Å². The molecule has 0 spiro atoms. The van der Waals surface area contributed by atoms with Crippen LogP contribution in [-0.2, 0) is 24.8 Å². The Bertz CT molecular complexity index is 1240. The highest BCUT2D eigenvalue weighted by Crippen LogP contribution is 2.37. The summed E-state index contributed by atoms with van der Waals surface area (Å²) < 4.78 is 66.5. The van der Waals surface area contributed by atoms with Gasteiger partial charge in [-0.05, 0) is 48.4 Å². The molecule has 2 aromatic rings. The third-order valence-corrected chi connectivity index (χ3v) is 7.24. The summed E-state index contributed by atoms with van der Waals surface area (Å²) in [5.74, 6) is -1.23. The smallest absolute Gasteiger partial charge is 0.328 e. The molecule has 0 fully saturated rings. The van der Waals surface area contributed by atoms with Gasteiger partial charge in [0.2, 0.25) is 10.0 Å². The quantitative estimate of drug-likeness (QED) is 0.299. The summed E-state index contributed by atoms with van der Waals surface area (Å²) in [4.78, 5) is 10.4. The lowest BCUT2D eigenvalue weighted by Gasteiger charge is -2.16. The fraction of sp³-hybridized carbons (Fsp3) is 0.286. The standard InChI is InChI=1S/C21H26N2O8S2/c1-4-5-11-22-32(26,27)17-8-6-7-16(14-17)23-33(28,29)19-13-15(9-10-20(24)25)12-18(30-2)21(19)31-3/h6-10,12-14,22-23H,4-5,11H2,1-3H3,(H,24,25)/b10-9+. The molecule has 0 saturated carbocycles. The molecule has 3 N–H and O–H groups in total. The van der Waals surface area contributed by atoms with Crippen molar-refractivity contribution in [2.24, 2.45) is 0 Å². The molecule has 0 aliphatic heterocycles. The minimum atomic E-state index is -4.28. The second-order valence-corrected chi connectivity index (χ2v) is 10.2. The van der Waals surface area contributed by atoms with Gasteiger partial charge in [0.1, 0.15) is 4.90 Å². The molecule has 0 atom stereocenters. The zero-order chi connectivity index (χ0) is 24.6. The van der Waals surface area contributed by atoms with E-state index < -0.39 is 26.0 Å². The van der Waals surface area contributed by atoms with Crippen LogP contribution in [0.4, 0.5) is 5.69 Å². The van der Waals surface area contributed by atoms with Gasteiger partial charge in [-0.15, -0.1) is 0 Å². The second kappa shape index (κ2) is 11.2. The number of hydrogen-bond acceptors (Lipinski definition) is 7. The van der Waals surface area contributed by atoms with Crippen molar-refractivity contribution in [3.05, 3.63) is 48.0 Å². The van der Waals surface area contributed by atoms with Crippen LogP contribution in [0, 0.1) is 0 Å². The van der Waals surface area contributed by atoms with Gasteiger partial charge in [-0.1, -0.05) is 19.4 Å². The average molecular weight is 499 g/mol. The van der Waals surface area contributed by atoms with Crippen LogP contribution in [-0.4, -0.2) is 48.7 Å². The van der Waals surface area contributed by atoms with Crippen molar-refractivity contribution in [1.29, 1.82) is 0 Å². The van der Waals surface area contributed by atoms with E-state index in [4.69, 9.17) is 14.6 Å². The van der Waals surface area contributed by atoms with Gasteiger partial charge in [-0.2, -0.15) is 0 Å². The molecular formula is C21H26N2O8S2. The number of sulfonamides is 2. The minimum Gasteiger partial charge on any atom is -0.493 e. The van der Waals surface area contributed by atoms with Crippen LogP contribution >= 0.6 is 0 Å². The number of carboxylic acid groups (broad SMARTS) is 1. The normalized spacial score (nSPS) is 12.0. The molecule has 0 unspecified atom stereocenters. The SMILES string of the molecule is CCCCNS(=O)(=O)c1cccc(NS(=O)(=O)c2cc(/C=C/C(=O)O)cc(OC)c2OC)c1. The zero-order valence-electron chi connectivity index (χ0n) is 18.4. The molecule has 180 valence electrons. The second-order valence-electron chi connectivity index (χ2n) is 6.81. The van der Waals surface area contributed by atoms with E-state index in [0.29, 0.717) is 6.42 Å². The summed E-state index contributed by atoms with van der Waals surface area (Å²) in [7, 11) is -5.53. The summed E-state index contributed by atoms with van der Waals surface area (Å²) in [6.07, 6.45) is 3.54. The van der Waals surface area contributed by atoms with Gasteiger partial charge in [0.15, 0.2) is 11.5 Å². The number of rotatable bonds is 12. The van der Waals surface area contributed by atoms with E-state index >= 15 is 0 Å². The van der Waals surface area contributed by atoms with E-state index in [2.05, 4.69) is 9.44 Å². The predicted molar refractivity (Wildman–Crippen MR) is 124 cm³/mol. The van der Waals surface area contributed by atoms with Crippen molar-refractivity contribution in [2.45, 2.75) is 29.6 Å². The van der Waals surface area contributed by atoms with Gasteiger partial charge in [-0.25, -0.2) is 26.4 Å². The van der Waals surface area contributed by atoms with Gasteiger partial charge in [0.25, 0.3) is 10.0 Å². The van der Waals surface area contributed by atoms with E-state index in [1.54, 1.807) is 0 Å². The Morgan fingerprint density at radius 1 is 1.06 bits per heavy atom. The number of nitrogens with one attached hydrogen (secondary N) is 2. The van der Waals surface area contributed by atoms with Crippen molar-refractivity contribution < 1.29 is 36.2 Å². The van der Waals surface area contributed by atoms with E-state index in [0.717, 1.165) is 12.5 Å². The highest BCUT2D eigenvalue weighted by molar-refractivity contribution is 7.93. The monoisotopic (exact) mass is 498 g/mol. The molecule has 0 aromatic heterocycles. The predicted octanol–water partition coefficient (Wildman–Crippen LogP) is 2.68. The van der Waals surface area contributed by atoms with Crippen molar-refractivity contribution in [1.82, 2.24) is 4.72 Å².